The van der Waals surface area contributed by atoms with E-state index in [2.05, 4.69) is 10.3 Å². The average molecular weight is 558 g/mol. The van der Waals surface area contributed by atoms with Crippen molar-refractivity contribution in [2.45, 2.75) is 22.2 Å². The van der Waals surface area contributed by atoms with E-state index in [9.17, 15) is 34.8 Å². The van der Waals surface area contributed by atoms with E-state index < -0.39 is 61.0 Å². The van der Waals surface area contributed by atoms with Gasteiger partial charge in [-0.05, 0) is 48.5 Å². The number of nitrogens with one attached hydrogen (secondary N) is 1. The van der Waals surface area contributed by atoms with Crippen LogP contribution in [0, 0.1) is 0 Å². The number of halogens is 3. The first-order chi connectivity index (χ1) is 17.3. The number of alkyl halides is 3. The van der Waals surface area contributed by atoms with Crippen molar-refractivity contribution < 1.29 is 44.6 Å². The molecule has 1 atom stereocenters. The Morgan fingerprint density at radius 2 is 1.84 bits per heavy atom. The fraction of sp³-hybridized carbons (Fsp3) is 0.182. The Kier molecular flexibility index (Phi) is 6.77. The summed E-state index contributed by atoms with van der Waals surface area (Å²) in [7, 11) is -8.73. The van der Waals surface area contributed by atoms with Crippen LogP contribution >= 0.6 is 0 Å². The standard InChI is InChI=1S/C22H18F3N3O7S2/c23-22(24,25)14-4-3-5-17(10-14)37(33,34)28-12-16(13-36(31,32)20-6-1-2-9-26-20)35-19-8-7-15(11-18(19)28)27-21(29)30/h1-11,16,27H,12-13H2,(H,29,30). The number of aromatic nitrogens is 1. The summed E-state index contributed by atoms with van der Waals surface area (Å²) in [5.74, 6) is -0.799. The third-order valence-corrected chi connectivity index (χ3v) is 8.72. The van der Waals surface area contributed by atoms with Gasteiger partial charge in [-0.15, -0.1) is 0 Å². The van der Waals surface area contributed by atoms with Crippen molar-refractivity contribution in [3.8, 4) is 5.75 Å². The first-order valence-electron chi connectivity index (χ1n) is 10.4. The number of amides is 1. The van der Waals surface area contributed by atoms with Crippen LogP contribution in [0.5, 0.6) is 5.75 Å². The van der Waals surface area contributed by atoms with Gasteiger partial charge in [0.1, 0.15) is 11.9 Å². The molecule has 1 amide bonds. The summed E-state index contributed by atoms with van der Waals surface area (Å²) < 4.78 is 99.0. The van der Waals surface area contributed by atoms with Crippen molar-refractivity contribution in [2.24, 2.45) is 0 Å². The number of hydrogen-bond donors (Lipinski definition) is 2. The average Bonchev–Trinajstić information content (AvgIpc) is 2.83. The van der Waals surface area contributed by atoms with Crippen molar-refractivity contribution in [1.82, 2.24) is 4.98 Å². The maximum absolute atomic E-state index is 13.5. The molecule has 0 saturated carbocycles. The Bertz CT molecular complexity index is 1550. The molecular weight excluding hydrogens is 539 g/mol. The summed E-state index contributed by atoms with van der Waals surface area (Å²) in [6, 6.07) is 10.9. The van der Waals surface area contributed by atoms with Crippen molar-refractivity contribution in [3.05, 3.63) is 72.4 Å². The number of ether oxygens (including phenoxy) is 1. The molecule has 0 bridgehead atoms. The van der Waals surface area contributed by atoms with Crippen LogP contribution in [0.1, 0.15) is 5.56 Å². The molecule has 15 heteroatoms. The number of rotatable bonds is 6. The number of hydrogen-bond acceptors (Lipinski definition) is 7. The number of sulfonamides is 1. The van der Waals surface area contributed by atoms with Gasteiger partial charge < -0.3 is 9.84 Å². The van der Waals surface area contributed by atoms with E-state index in [0.29, 0.717) is 16.4 Å². The minimum absolute atomic E-state index is 0.0429. The van der Waals surface area contributed by atoms with Crippen molar-refractivity contribution in [2.75, 3.05) is 21.9 Å². The van der Waals surface area contributed by atoms with E-state index >= 15 is 0 Å². The number of anilines is 2. The van der Waals surface area contributed by atoms with Crippen molar-refractivity contribution in [1.29, 1.82) is 0 Å². The van der Waals surface area contributed by atoms with Gasteiger partial charge in [-0.3, -0.25) is 9.62 Å². The van der Waals surface area contributed by atoms with Crippen LogP contribution in [-0.4, -0.2) is 51.4 Å². The monoisotopic (exact) mass is 557 g/mol. The number of nitrogens with zero attached hydrogens (tertiary/aromatic N) is 2. The van der Waals surface area contributed by atoms with Gasteiger partial charge in [0, 0.05) is 11.9 Å². The molecule has 0 fully saturated rings. The van der Waals surface area contributed by atoms with Crippen LogP contribution in [0.3, 0.4) is 0 Å². The Labute approximate surface area is 209 Å². The minimum atomic E-state index is -4.81. The maximum Gasteiger partial charge on any atom is 0.416 e. The third-order valence-electron chi connectivity index (χ3n) is 5.25. The van der Waals surface area contributed by atoms with Gasteiger partial charge in [0.15, 0.2) is 14.9 Å². The molecule has 4 rings (SSSR count). The lowest BCUT2D eigenvalue weighted by molar-refractivity contribution is -0.137. The van der Waals surface area contributed by atoms with Crippen LogP contribution in [-0.2, 0) is 26.0 Å². The molecule has 37 heavy (non-hydrogen) atoms. The first-order valence-corrected chi connectivity index (χ1v) is 13.5. The lowest BCUT2D eigenvalue weighted by Gasteiger charge is -2.35. The molecule has 0 saturated heterocycles. The smallest absolute Gasteiger partial charge is 0.416 e. The van der Waals surface area contributed by atoms with Gasteiger partial charge in [-0.1, -0.05) is 12.1 Å². The van der Waals surface area contributed by atoms with Crippen molar-refractivity contribution in [3.63, 3.8) is 0 Å². The molecule has 1 aromatic heterocycles. The van der Waals surface area contributed by atoms with Gasteiger partial charge in [0.2, 0.25) is 0 Å². The van der Waals surface area contributed by atoms with Gasteiger partial charge in [-0.2, -0.15) is 13.2 Å². The zero-order valence-corrected chi connectivity index (χ0v) is 20.2. The molecule has 0 aliphatic carbocycles. The number of carboxylic acid groups (broad SMARTS) is 1. The molecule has 1 aliphatic heterocycles. The summed E-state index contributed by atoms with van der Waals surface area (Å²) in [5.41, 5.74) is -1.42. The topological polar surface area (TPSA) is 143 Å². The molecule has 2 heterocycles. The molecule has 10 nitrogen and oxygen atoms in total. The van der Waals surface area contributed by atoms with Crippen LogP contribution in [0.25, 0.3) is 0 Å². The largest absolute Gasteiger partial charge is 0.485 e. The Balaban J connectivity index is 1.78. The SMILES string of the molecule is O=C(O)Nc1ccc2c(c1)N(S(=O)(=O)c1cccc(C(F)(F)F)c1)CC(CS(=O)(=O)c1ccccn1)O2. The normalized spacial score (nSPS) is 16.0. The molecule has 0 radical (unpaired) electrons. The van der Waals surface area contributed by atoms with Crippen LogP contribution < -0.4 is 14.4 Å². The quantitative estimate of drug-likeness (QED) is 0.468. The predicted molar refractivity (Wildman–Crippen MR) is 125 cm³/mol. The first kappa shape index (κ1) is 26.2. The van der Waals surface area contributed by atoms with E-state index in [-0.39, 0.29) is 22.2 Å². The number of carbonyl (C=O) groups is 1. The summed E-state index contributed by atoms with van der Waals surface area (Å²) in [5, 5.41) is 10.8. The summed E-state index contributed by atoms with van der Waals surface area (Å²) >= 11 is 0. The number of benzene rings is 2. The van der Waals surface area contributed by atoms with Crippen LogP contribution in [0.15, 0.2) is 76.8 Å². The highest BCUT2D eigenvalue weighted by molar-refractivity contribution is 7.93. The lowest BCUT2D eigenvalue weighted by atomic mass is 10.2. The highest BCUT2D eigenvalue weighted by atomic mass is 32.2. The van der Waals surface area contributed by atoms with Gasteiger partial charge in [-0.25, -0.2) is 26.6 Å². The van der Waals surface area contributed by atoms with E-state index in [1.807, 2.05) is 0 Å². The Hall–Kier alpha value is -3.85. The summed E-state index contributed by atoms with van der Waals surface area (Å²) in [6.07, 6.45) is -6.25. The maximum atomic E-state index is 13.5. The number of fused-ring (bicyclic) bond motifs is 1. The van der Waals surface area contributed by atoms with Crippen molar-refractivity contribution >= 4 is 37.3 Å². The highest BCUT2D eigenvalue weighted by Gasteiger charge is 2.39. The second-order valence-corrected chi connectivity index (χ2v) is 11.7. The van der Waals surface area contributed by atoms with E-state index in [4.69, 9.17) is 9.84 Å². The number of pyridine rings is 1. The molecule has 2 N–H and O–H groups in total. The Morgan fingerprint density at radius 1 is 1.08 bits per heavy atom. The molecular formula is C22H18F3N3O7S2. The lowest BCUT2D eigenvalue weighted by Crippen LogP contribution is -2.46. The molecule has 2 aromatic carbocycles. The molecule has 196 valence electrons. The van der Waals surface area contributed by atoms with Crippen LogP contribution in [0.4, 0.5) is 29.3 Å². The zero-order chi connectivity index (χ0) is 27.0. The van der Waals surface area contributed by atoms with E-state index in [1.54, 1.807) is 0 Å². The molecule has 1 unspecified atom stereocenters. The fourth-order valence-electron chi connectivity index (χ4n) is 3.65. The molecule has 0 spiro atoms. The number of sulfone groups is 1. The second-order valence-electron chi connectivity index (χ2n) is 7.86. The predicted octanol–water partition coefficient (Wildman–Crippen LogP) is 3.62. The third kappa shape index (κ3) is 5.61. The highest BCUT2D eigenvalue weighted by Crippen LogP contribution is 2.40. The summed E-state index contributed by atoms with van der Waals surface area (Å²) in [6.45, 7) is -0.589. The van der Waals surface area contributed by atoms with Crippen LogP contribution in [0.2, 0.25) is 0 Å². The van der Waals surface area contributed by atoms with E-state index in [0.717, 1.165) is 18.2 Å². The minimum Gasteiger partial charge on any atom is -0.485 e. The second kappa shape index (κ2) is 9.55. The molecule has 3 aromatic rings. The molecule has 1 aliphatic rings. The van der Waals surface area contributed by atoms with Gasteiger partial charge >= 0.3 is 12.3 Å². The van der Waals surface area contributed by atoms with Gasteiger partial charge in [0.05, 0.1) is 28.4 Å². The van der Waals surface area contributed by atoms with E-state index in [1.165, 1.54) is 36.5 Å². The zero-order valence-electron chi connectivity index (χ0n) is 18.6. The summed E-state index contributed by atoms with van der Waals surface area (Å²) in [4.78, 5) is 14.2. The fourth-order valence-corrected chi connectivity index (χ4v) is 6.53. The van der Waals surface area contributed by atoms with Gasteiger partial charge in [0.25, 0.3) is 10.0 Å². The Morgan fingerprint density at radius 3 is 2.49 bits per heavy atom.